The summed E-state index contributed by atoms with van der Waals surface area (Å²) in [6.45, 7) is -2.76. The molecule has 3 fully saturated rings. The number of fused-ring (bicyclic) bond motifs is 3. The fourth-order valence-electron chi connectivity index (χ4n) is 7.39. The third-order valence-electron chi connectivity index (χ3n) is 10.5. The van der Waals surface area contributed by atoms with E-state index in [0.29, 0.717) is 0 Å². The number of aliphatic hydroxyl groups excluding tert-OH is 3. The smallest absolute Gasteiger partial charge is 0.268 e. The number of anilines is 3. The summed E-state index contributed by atoms with van der Waals surface area (Å²) in [5, 5.41) is 32.2. The number of phosphoric ester groups is 2. The largest absolute Gasteiger partial charge is 0.756 e. The number of aliphatic hydroxyl groups is 3. The number of ether oxygens (including phenoxy) is 3. The van der Waals surface area contributed by atoms with Crippen molar-refractivity contribution in [2.45, 2.75) is 73.6 Å². The molecule has 30 nitrogen and oxygen atoms in total. The van der Waals surface area contributed by atoms with Crippen LogP contribution in [0.4, 0.5) is 21.8 Å². The highest BCUT2D eigenvalue weighted by Gasteiger charge is 2.51. The molecular formula is C30H35FN16O14P2-2. The number of hydrogen-bond donors (Lipinski definition) is 7. The number of imidazole rings is 3. The van der Waals surface area contributed by atoms with Gasteiger partial charge < -0.3 is 80.3 Å². The van der Waals surface area contributed by atoms with Crippen LogP contribution in [0.25, 0.3) is 33.5 Å². The second-order valence-electron chi connectivity index (χ2n) is 14.3. The van der Waals surface area contributed by atoms with Crippen molar-refractivity contribution in [2.24, 2.45) is 5.73 Å². The first kappa shape index (κ1) is 43.2. The molecule has 63 heavy (non-hydrogen) atoms. The molecule has 6 aromatic heterocycles. The number of alkyl halides is 1. The molecule has 33 heteroatoms. The monoisotopic (exact) mass is 924 g/mol. The van der Waals surface area contributed by atoms with E-state index in [0.717, 1.165) is 29.9 Å². The molecule has 3 aliphatic rings. The van der Waals surface area contributed by atoms with E-state index in [1.54, 1.807) is 0 Å². The molecule has 0 amide bonds. The van der Waals surface area contributed by atoms with Gasteiger partial charge in [-0.05, 0) is 0 Å². The molecule has 11 N–H and O–H groups in total. The standard InChI is InChI=1S/C30H37FN16O14P2/c31-13-11(58-28(14(13)32)45-7-42-15-22(33)36-4-39-25(15)45)2-55-62(51,52)61-21-19(50)12(59-30(21)47-9-44-17-24(35)38-6-41-27(17)47)3-56-63(53,54)60-20-18(49)10(1-48)57-29(20)46-8-43-16-23(34)37-5-40-26(16)46/h4-14,18-21,28-30,48-50H,1-3,32H2,(H,51,52)(H,53,54)(H2,33,36,39)(H2,34,37,40)(H2,35,38,41)/p-2/t10-,11-,12-,13-,14-,18-,19-,20-,21-,28-,29-,30-/m1/s1. The van der Waals surface area contributed by atoms with Gasteiger partial charge in [0.2, 0.25) is 0 Å². The zero-order chi connectivity index (χ0) is 44.5. The van der Waals surface area contributed by atoms with E-state index in [2.05, 4.69) is 44.9 Å². The van der Waals surface area contributed by atoms with Crippen LogP contribution in [-0.4, -0.2) is 149 Å². The molecule has 338 valence electrons. The molecule has 2 unspecified atom stereocenters. The van der Waals surface area contributed by atoms with E-state index in [9.17, 15) is 34.2 Å². The van der Waals surface area contributed by atoms with Crippen molar-refractivity contribution in [3.63, 3.8) is 0 Å². The topological polar surface area (TPSA) is 440 Å². The first-order valence-electron chi connectivity index (χ1n) is 18.5. The third kappa shape index (κ3) is 7.85. The van der Waals surface area contributed by atoms with Crippen LogP contribution in [0.3, 0.4) is 0 Å². The van der Waals surface area contributed by atoms with Crippen molar-refractivity contribution in [3.8, 4) is 0 Å². The highest BCUT2D eigenvalue weighted by Crippen LogP contribution is 2.50. The Hall–Kier alpha value is -5.08. The van der Waals surface area contributed by atoms with Crippen molar-refractivity contribution in [1.82, 2.24) is 58.6 Å². The van der Waals surface area contributed by atoms with Gasteiger partial charge in [-0.15, -0.1) is 0 Å². The van der Waals surface area contributed by atoms with E-state index in [-0.39, 0.29) is 50.9 Å². The van der Waals surface area contributed by atoms with Crippen LogP contribution in [-0.2, 0) is 41.4 Å². The van der Waals surface area contributed by atoms with Crippen LogP contribution in [0, 0.1) is 0 Å². The van der Waals surface area contributed by atoms with Gasteiger partial charge >= 0.3 is 0 Å². The van der Waals surface area contributed by atoms with Crippen LogP contribution in [0.1, 0.15) is 18.7 Å². The lowest BCUT2D eigenvalue weighted by atomic mass is 10.1. The van der Waals surface area contributed by atoms with E-state index < -0.39 is 109 Å². The lowest BCUT2D eigenvalue weighted by Gasteiger charge is -2.31. The Bertz CT molecular complexity index is 2750. The Morgan fingerprint density at radius 3 is 1.46 bits per heavy atom. The number of hydrogen-bond acceptors (Lipinski definition) is 27. The first-order valence-corrected chi connectivity index (χ1v) is 21.4. The van der Waals surface area contributed by atoms with Crippen molar-refractivity contribution in [3.05, 3.63) is 38.0 Å². The summed E-state index contributed by atoms with van der Waals surface area (Å²) in [5.41, 5.74) is 24.3. The van der Waals surface area contributed by atoms with Gasteiger partial charge in [0.05, 0.1) is 44.8 Å². The van der Waals surface area contributed by atoms with Crippen LogP contribution in [0.2, 0.25) is 0 Å². The maximum Gasteiger partial charge on any atom is 0.268 e. The van der Waals surface area contributed by atoms with E-state index in [1.807, 2.05) is 0 Å². The molecular weight excluding hydrogens is 889 g/mol. The van der Waals surface area contributed by atoms with Crippen molar-refractivity contribution in [1.29, 1.82) is 0 Å². The second kappa shape index (κ2) is 16.5. The molecule has 9 heterocycles. The van der Waals surface area contributed by atoms with Gasteiger partial charge in [-0.3, -0.25) is 22.8 Å². The first-order chi connectivity index (χ1) is 30.1. The number of phosphoric acid groups is 2. The SMILES string of the molecule is Nc1ncnc2c1ncn2[C@@H]1O[C@H](COP(=O)([O-])O[C@@H]2[C@H](O)[C@@H](COP(=O)([O-])O[C@@H]3[C@H](O)[C@@H](CO)O[C@H]3n3cnc4c(N)ncnc43)O[C@H]2n2cnc3c(N)ncnc32)[C@@H](F)[C@H]1N. The zero-order valence-electron chi connectivity index (χ0n) is 31.8. The van der Waals surface area contributed by atoms with Crippen molar-refractivity contribution in [2.75, 3.05) is 37.0 Å². The summed E-state index contributed by atoms with van der Waals surface area (Å²) in [5.74, 6) is -0.0530. The number of halogens is 1. The van der Waals surface area contributed by atoms with E-state index >= 15 is 4.39 Å². The predicted octanol–water partition coefficient (Wildman–Crippen LogP) is -3.94. The van der Waals surface area contributed by atoms with Gasteiger partial charge in [0.15, 0.2) is 53.1 Å². The summed E-state index contributed by atoms with van der Waals surface area (Å²) in [4.78, 5) is 62.9. The van der Waals surface area contributed by atoms with Gasteiger partial charge in [0, 0.05) is 0 Å². The molecule has 6 aromatic rings. The highest BCUT2D eigenvalue weighted by molar-refractivity contribution is 7.46. The minimum atomic E-state index is -5.57. The van der Waals surface area contributed by atoms with Gasteiger partial charge in [-0.25, -0.2) is 49.2 Å². The number of rotatable bonds is 14. The summed E-state index contributed by atoms with van der Waals surface area (Å²) < 4.78 is 84.0. The highest BCUT2D eigenvalue weighted by atomic mass is 31.2. The molecule has 14 atom stereocenters. The molecule has 3 saturated heterocycles. The fraction of sp³-hybridized carbons (Fsp3) is 0.500. The minimum absolute atomic E-state index is 0.0148. The van der Waals surface area contributed by atoms with Crippen LogP contribution in [0.15, 0.2) is 38.0 Å². The molecule has 0 aliphatic carbocycles. The summed E-state index contributed by atoms with van der Waals surface area (Å²) >= 11 is 0. The Kier molecular flexibility index (Phi) is 11.3. The molecule has 9 rings (SSSR count). The number of nitrogen functional groups attached to an aromatic ring is 3. The van der Waals surface area contributed by atoms with Gasteiger partial charge in [0.1, 0.15) is 84.4 Å². The maximum absolute atomic E-state index is 15.5. The molecule has 0 saturated carbocycles. The maximum atomic E-state index is 15.5. The lowest BCUT2D eigenvalue weighted by Crippen LogP contribution is -2.38. The molecule has 0 radical (unpaired) electrons. The predicted molar refractivity (Wildman–Crippen MR) is 200 cm³/mol. The Labute approximate surface area is 350 Å². The van der Waals surface area contributed by atoms with E-state index in [4.69, 9.17) is 55.2 Å². The normalized spacial score (nSPS) is 31.9. The van der Waals surface area contributed by atoms with Crippen LogP contribution >= 0.6 is 15.6 Å². The summed E-state index contributed by atoms with van der Waals surface area (Å²) in [6.07, 6.45) is -11.6. The van der Waals surface area contributed by atoms with Gasteiger partial charge in [0.25, 0.3) is 15.6 Å². The Morgan fingerprint density at radius 1 is 0.635 bits per heavy atom. The molecule has 3 aliphatic heterocycles. The number of nitrogens with two attached hydrogens (primary N) is 4. The lowest BCUT2D eigenvalue weighted by molar-refractivity contribution is -0.238. The van der Waals surface area contributed by atoms with Crippen molar-refractivity contribution >= 4 is 66.6 Å². The summed E-state index contributed by atoms with van der Waals surface area (Å²) in [7, 11) is -11.1. The molecule has 0 bridgehead atoms. The van der Waals surface area contributed by atoms with E-state index in [1.165, 1.54) is 21.8 Å². The Balaban J connectivity index is 0.913. The van der Waals surface area contributed by atoms with Crippen LogP contribution < -0.4 is 32.7 Å². The Morgan fingerprint density at radius 2 is 1.02 bits per heavy atom. The second-order valence-corrected chi connectivity index (χ2v) is 17.0. The average molecular weight is 925 g/mol. The van der Waals surface area contributed by atoms with Crippen LogP contribution in [0.5, 0.6) is 0 Å². The molecule has 0 spiro atoms. The summed E-state index contributed by atoms with van der Waals surface area (Å²) in [6, 6.07) is -1.36. The zero-order valence-corrected chi connectivity index (χ0v) is 33.6. The average Bonchev–Trinajstić information content (AvgIpc) is 4.11. The fourth-order valence-corrected chi connectivity index (χ4v) is 9.22. The van der Waals surface area contributed by atoms with Gasteiger partial charge in [-0.1, -0.05) is 0 Å². The quantitative estimate of drug-likeness (QED) is 0.0513. The van der Waals surface area contributed by atoms with Gasteiger partial charge in [-0.2, -0.15) is 0 Å². The minimum Gasteiger partial charge on any atom is -0.756 e. The number of nitrogens with zero attached hydrogens (tertiary/aromatic N) is 12. The van der Waals surface area contributed by atoms with Crippen molar-refractivity contribution < 1.29 is 70.9 Å². The number of aromatic nitrogens is 12. The third-order valence-corrected chi connectivity index (χ3v) is 12.4. The molecule has 0 aromatic carbocycles.